The zero-order valence-corrected chi connectivity index (χ0v) is 15.7. The summed E-state index contributed by atoms with van der Waals surface area (Å²) < 4.78 is 25.6. The van der Waals surface area contributed by atoms with E-state index < -0.39 is 9.84 Å². The quantitative estimate of drug-likeness (QED) is 0.802. The number of piperidine rings is 1. The Balaban J connectivity index is 1.52. The number of nitrogens with zero attached hydrogens (tertiary/aromatic N) is 2. The second-order valence-electron chi connectivity index (χ2n) is 7.40. The first-order chi connectivity index (χ1) is 12.5. The molecule has 3 aliphatic rings. The summed E-state index contributed by atoms with van der Waals surface area (Å²) in [4.78, 5) is 28.2. The molecule has 0 N–H and O–H groups in total. The van der Waals surface area contributed by atoms with E-state index in [0.29, 0.717) is 30.7 Å². The highest BCUT2D eigenvalue weighted by atomic mass is 32.2. The number of likely N-dealkylation sites (tertiary alicyclic amines) is 1. The van der Waals surface area contributed by atoms with Crippen LogP contribution in [0.2, 0.25) is 0 Å². The molecule has 0 radical (unpaired) electrons. The van der Waals surface area contributed by atoms with Crippen LogP contribution >= 0.6 is 0 Å². The van der Waals surface area contributed by atoms with Gasteiger partial charge in [0.2, 0.25) is 11.8 Å². The fourth-order valence-corrected chi connectivity index (χ4v) is 5.57. The Morgan fingerprint density at radius 2 is 1.65 bits per heavy atom. The van der Waals surface area contributed by atoms with Crippen LogP contribution in [0.15, 0.2) is 17.0 Å². The molecule has 0 bridgehead atoms. The molecule has 0 aliphatic carbocycles. The monoisotopic (exact) mass is 376 g/mol. The van der Waals surface area contributed by atoms with Crippen molar-refractivity contribution in [1.82, 2.24) is 4.90 Å². The van der Waals surface area contributed by atoms with Crippen molar-refractivity contribution in [2.75, 3.05) is 30.3 Å². The second-order valence-corrected chi connectivity index (χ2v) is 9.50. The predicted octanol–water partition coefficient (Wildman–Crippen LogP) is 1.70. The Labute approximate surface area is 154 Å². The molecule has 1 aromatic rings. The van der Waals surface area contributed by atoms with Gasteiger partial charge >= 0.3 is 0 Å². The minimum absolute atomic E-state index is 0.0410. The molecule has 4 rings (SSSR count). The fourth-order valence-electron chi connectivity index (χ4n) is 4.25. The highest BCUT2D eigenvalue weighted by Gasteiger charge is 2.33. The lowest BCUT2D eigenvalue weighted by Crippen LogP contribution is -2.36. The molecular weight excluding hydrogens is 352 g/mol. The van der Waals surface area contributed by atoms with Crippen LogP contribution in [0.4, 0.5) is 5.69 Å². The molecule has 0 saturated carbocycles. The standard InChI is InChI=1S/C19H24N2O4S/c22-17(20-8-2-1-3-9-20)7-11-26(24,25)16-12-14-4-5-18(23)21-10-6-15(13-16)19(14)21/h12-13H,1-11H2. The molecule has 1 aromatic carbocycles. The SMILES string of the molecule is O=C(CCS(=O)(=O)c1cc2c3c(c1)CCN3C(=O)CC2)N1CCCCC1. The largest absolute Gasteiger partial charge is 0.343 e. The molecule has 2 amide bonds. The van der Waals surface area contributed by atoms with Crippen LogP contribution in [-0.4, -0.2) is 50.5 Å². The van der Waals surface area contributed by atoms with Gasteiger partial charge in [0.1, 0.15) is 0 Å². The van der Waals surface area contributed by atoms with Crippen molar-refractivity contribution in [3.05, 3.63) is 23.3 Å². The van der Waals surface area contributed by atoms with Gasteiger partial charge in [-0.2, -0.15) is 0 Å². The summed E-state index contributed by atoms with van der Waals surface area (Å²) in [5.74, 6) is -0.0880. The van der Waals surface area contributed by atoms with E-state index in [1.807, 2.05) is 0 Å². The first kappa shape index (κ1) is 17.5. The van der Waals surface area contributed by atoms with Gasteiger partial charge in [-0.05, 0) is 55.4 Å². The van der Waals surface area contributed by atoms with Crippen LogP contribution in [0.1, 0.15) is 43.2 Å². The van der Waals surface area contributed by atoms with E-state index >= 15 is 0 Å². The van der Waals surface area contributed by atoms with E-state index in [4.69, 9.17) is 0 Å². The summed E-state index contributed by atoms with van der Waals surface area (Å²) in [6.45, 7) is 2.12. The molecular formula is C19H24N2O4S. The van der Waals surface area contributed by atoms with E-state index in [1.54, 1.807) is 21.9 Å². The van der Waals surface area contributed by atoms with E-state index in [1.165, 1.54) is 0 Å². The summed E-state index contributed by atoms with van der Waals surface area (Å²) in [5, 5.41) is 0. The molecule has 0 aromatic heterocycles. The minimum atomic E-state index is -3.51. The van der Waals surface area contributed by atoms with Crippen LogP contribution < -0.4 is 4.90 Å². The number of amides is 2. The van der Waals surface area contributed by atoms with Gasteiger partial charge < -0.3 is 9.80 Å². The number of hydrogen-bond acceptors (Lipinski definition) is 4. The molecule has 3 heterocycles. The highest BCUT2D eigenvalue weighted by Crippen LogP contribution is 2.38. The molecule has 1 fully saturated rings. The molecule has 1 saturated heterocycles. The average molecular weight is 376 g/mol. The average Bonchev–Trinajstić information content (AvgIpc) is 3.09. The van der Waals surface area contributed by atoms with Gasteiger partial charge in [-0.1, -0.05) is 0 Å². The zero-order chi connectivity index (χ0) is 18.3. The lowest BCUT2D eigenvalue weighted by molar-refractivity contribution is -0.131. The van der Waals surface area contributed by atoms with Crippen LogP contribution in [-0.2, 0) is 32.3 Å². The van der Waals surface area contributed by atoms with E-state index in [0.717, 1.165) is 49.2 Å². The molecule has 0 atom stereocenters. The molecule has 140 valence electrons. The number of sulfone groups is 1. The van der Waals surface area contributed by atoms with Gasteiger partial charge in [0.25, 0.3) is 0 Å². The molecule has 0 spiro atoms. The van der Waals surface area contributed by atoms with Gasteiger partial charge in [-0.15, -0.1) is 0 Å². The van der Waals surface area contributed by atoms with Gasteiger partial charge in [-0.25, -0.2) is 8.42 Å². The number of carbonyl (C=O) groups is 2. The number of carbonyl (C=O) groups excluding carboxylic acids is 2. The summed E-state index contributed by atoms with van der Waals surface area (Å²) >= 11 is 0. The lowest BCUT2D eigenvalue weighted by atomic mass is 10.00. The van der Waals surface area contributed by atoms with Crippen molar-refractivity contribution in [1.29, 1.82) is 0 Å². The van der Waals surface area contributed by atoms with E-state index in [2.05, 4.69) is 0 Å². The minimum Gasteiger partial charge on any atom is -0.343 e. The molecule has 0 unspecified atom stereocenters. The molecule has 3 aliphatic heterocycles. The summed E-state index contributed by atoms with van der Waals surface area (Å²) in [6.07, 6.45) is 4.91. The Morgan fingerprint density at radius 3 is 2.38 bits per heavy atom. The van der Waals surface area contributed by atoms with Crippen molar-refractivity contribution >= 4 is 27.3 Å². The Morgan fingerprint density at radius 1 is 0.962 bits per heavy atom. The molecule has 6 nitrogen and oxygen atoms in total. The van der Waals surface area contributed by atoms with Crippen LogP contribution in [0, 0.1) is 0 Å². The fraction of sp³-hybridized carbons (Fsp3) is 0.579. The Kier molecular flexibility index (Phi) is 4.50. The predicted molar refractivity (Wildman–Crippen MR) is 97.9 cm³/mol. The van der Waals surface area contributed by atoms with Crippen molar-refractivity contribution in [2.24, 2.45) is 0 Å². The molecule has 7 heteroatoms. The van der Waals surface area contributed by atoms with Gasteiger partial charge in [0, 0.05) is 32.5 Å². The highest BCUT2D eigenvalue weighted by molar-refractivity contribution is 7.91. The lowest BCUT2D eigenvalue weighted by Gasteiger charge is -2.27. The van der Waals surface area contributed by atoms with Crippen LogP contribution in [0.5, 0.6) is 0 Å². The molecule has 26 heavy (non-hydrogen) atoms. The summed E-state index contributed by atoms with van der Waals surface area (Å²) in [5.41, 5.74) is 2.81. The summed E-state index contributed by atoms with van der Waals surface area (Å²) in [6, 6.07) is 3.42. The van der Waals surface area contributed by atoms with Gasteiger partial charge in [0.05, 0.1) is 16.3 Å². The third-order valence-corrected chi connectivity index (χ3v) is 7.37. The number of benzene rings is 1. The third kappa shape index (κ3) is 3.13. The van der Waals surface area contributed by atoms with E-state index in [-0.39, 0.29) is 24.0 Å². The van der Waals surface area contributed by atoms with Gasteiger partial charge in [-0.3, -0.25) is 9.59 Å². The topological polar surface area (TPSA) is 74.8 Å². The van der Waals surface area contributed by atoms with Crippen LogP contribution in [0.25, 0.3) is 0 Å². The number of hydrogen-bond donors (Lipinski definition) is 0. The second kappa shape index (κ2) is 6.68. The normalized spacial score (nSPS) is 19.6. The van der Waals surface area contributed by atoms with Crippen molar-refractivity contribution in [3.8, 4) is 0 Å². The number of rotatable bonds is 4. The van der Waals surface area contributed by atoms with E-state index in [9.17, 15) is 18.0 Å². The first-order valence-electron chi connectivity index (χ1n) is 9.42. The van der Waals surface area contributed by atoms with Crippen LogP contribution in [0.3, 0.4) is 0 Å². The number of aryl methyl sites for hydroxylation is 1. The smallest absolute Gasteiger partial charge is 0.227 e. The maximum Gasteiger partial charge on any atom is 0.227 e. The maximum atomic E-state index is 12.8. The Hall–Kier alpha value is -1.89. The summed E-state index contributed by atoms with van der Waals surface area (Å²) in [7, 11) is -3.51. The first-order valence-corrected chi connectivity index (χ1v) is 11.1. The van der Waals surface area contributed by atoms with Crippen molar-refractivity contribution < 1.29 is 18.0 Å². The van der Waals surface area contributed by atoms with Gasteiger partial charge in [0.15, 0.2) is 9.84 Å². The maximum absolute atomic E-state index is 12.8. The van der Waals surface area contributed by atoms with Crippen molar-refractivity contribution in [2.45, 2.75) is 49.8 Å². The third-order valence-electron chi connectivity index (χ3n) is 5.68. The Bertz CT molecular complexity index is 857. The number of anilines is 1. The van der Waals surface area contributed by atoms with Crippen molar-refractivity contribution in [3.63, 3.8) is 0 Å². The zero-order valence-electron chi connectivity index (χ0n) is 14.9.